The Kier molecular flexibility index (Phi) is 6.17. The Morgan fingerprint density at radius 2 is 1.76 bits per heavy atom. The van der Waals surface area contributed by atoms with Gasteiger partial charge in [0.25, 0.3) is 5.72 Å². The number of nitrogens with two attached hydrogens (primary N) is 1. The Balaban J connectivity index is 1.41. The zero-order chi connectivity index (χ0) is 24.6. The molecular weight excluding hydrogens is 523 g/mol. The van der Waals surface area contributed by atoms with E-state index in [1.807, 2.05) is 0 Å². The van der Waals surface area contributed by atoms with Gasteiger partial charge < -0.3 is 50.3 Å². The molecule has 0 aromatic rings. The molecule has 3 saturated heterocycles. The van der Waals surface area contributed by atoms with Gasteiger partial charge in [0, 0.05) is 0 Å². The average molecular weight is 541 g/mol. The third kappa shape index (κ3) is 4.80. The number of phosphoric ester groups is 1. The van der Waals surface area contributed by atoms with Crippen LogP contribution < -0.4 is 5.73 Å². The lowest BCUT2D eigenvalue weighted by Crippen LogP contribution is -2.52. The quantitative estimate of drug-likeness (QED) is 0.107. The van der Waals surface area contributed by atoms with E-state index >= 15 is 0 Å². The molecule has 0 aromatic heterocycles. The van der Waals surface area contributed by atoms with Crippen LogP contribution >= 0.6 is 23.5 Å². The number of hydrogen-bond donors (Lipinski definition) is 8. The summed E-state index contributed by atoms with van der Waals surface area (Å²) in [7, 11) is -16.8. The van der Waals surface area contributed by atoms with Gasteiger partial charge in [-0.15, -0.1) is 5.06 Å². The average Bonchev–Trinajstić information content (AvgIpc) is 3.16. The number of aliphatic hydroxyl groups excluding tert-OH is 3. The Labute approximate surface area is 182 Å². The normalized spacial score (nSPS) is 41.5. The minimum atomic E-state index is -5.73. The van der Waals surface area contributed by atoms with Crippen molar-refractivity contribution < 1.29 is 71.3 Å². The summed E-state index contributed by atoms with van der Waals surface area (Å²) >= 11 is 0. The van der Waals surface area contributed by atoms with E-state index in [4.69, 9.17) is 30.0 Å². The van der Waals surface area contributed by atoms with Crippen LogP contribution in [0.3, 0.4) is 0 Å². The fraction of sp³-hybridized carbons (Fsp3) is 0.800. The van der Waals surface area contributed by atoms with Crippen LogP contribution in [-0.2, 0) is 36.4 Å². The van der Waals surface area contributed by atoms with Crippen molar-refractivity contribution in [2.75, 3.05) is 13.3 Å². The Hall–Kier alpha value is -0.890. The molecule has 4 aliphatic rings. The highest BCUT2D eigenvalue weighted by Crippen LogP contribution is 2.66. The first-order valence-corrected chi connectivity index (χ1v) is 13.2. The first-order chi connectivity index (χ1) is 15.0. The van der Waals surface area contributed by atoms with Crippen LogP contribution in [-0.4, -0.2) is 106 Å². The number of guanidine groups is 1. The molecule has 4 rings (SSSR count). The summed E-state index contributed by atoms with van der Waals surface area (Å²) in [6, 6.07) is 0. The fourth-order valence-electron chi connectivity index (χ4n) is 3.43. The van der Waals surface area contributed by atoms with Gasteiger partial charge in [0.2, 0.25) is 12.2 Å². The second kappa shape index (κ2) is 8.07. The van der Waals surface area contributed by atoms with Gasteiger partial charge in [0.05, 0.1) is 6.61 Å². The highest BCUT2D eigenvalue weighted by Gasteiger charge is 2.74. The van der Waals surface area contributed by atoms with E-state index in [1.165, 1.54) is 9.96 Å². The molecule has 9 atom stereocenters. The third-order valence-corrected chi connectivity index (χ3v) is 8.55. The van der Waals surface area contributed by atoms with E-state index in [2.05, 4.69) is 23.1 Å². The van der Waals surface area contributed by atoms with Crippen molar-refractivity contribution in [2.45, 2.75) is 36.5 Å². The molecule has 4 heterocycles. The van der Waals surface area contributed by atoms with Crippen LogP contribution in [0.5, 0.6) is 0 Å². The number of phosphoric acid groups is 3. The lowest BCUT2D eigenvalue weighted by molar-refractivity contribution is -0.0841. The van der Waals surface area contributed by atoms with Crippen molar-refractivity contribution >= 4 is 35.3 Å². The van der Waals surface area contributed by atoms with Crippen LogP contribution in [0.1, 0.15) is 0 Å². The van der Waals surface area contributed by atoms with Crippen LogP contribution in [0.25, 0.3) is 0 Å². The molecule has 0 amide bonds. The summed E-state index contributed by atoms with van der Waals surface area (Å²) in [6.45, 7) is -1.09. The van der Waals surface area contributed by atoms with Crippen LogP contribution in [0.4, 0.5) is 0 Å². The topological polar surface area (TPSA) is 299 Å². The largest absolute Gasteiger partial charge is 0.490 e. The summed E-state index contributed by atoms with van der Waals surface area (Å²) < 4.78 is 50.9. The lowest BCUT2D eigenvalue weighted by atomic mass is 10.1. The maximum atomic E-state index is 11.8. The van der Waals surface area contributed by atoms with Gasteiger partial charge in [-0.3, -0.25) is 9.36 Å². The highest BCUT2D eigenvalue weighted by atomic mass is 31.3. The Morgan fingerprint density at radius 1 is 1.09 bits per heavy atom. The number of nitrogens with zero attached hydrogens (tertiary/aromatic N) is 4. The van der Waals surface area contributed by atoms with Crippen LogP contribution in [0, 0.1) is 0 Å². The molecule has 3 fully saturated rings. The first kappa shape index (κ1) is 25.2. The predicted octanol–water partition coefficient (Wildman–Crippen LogP) is -3.96. The molecule has 0 saturated carbocycles. The number of amidine groups is 1. The molecule has 4 aliphatic heterocycles. The molecule has 33 heavy (non-hydrogen) atoms. The zero-order valence-corrected chi connectivity index (χ0v) is 18.6. The van der Waals surface area contributed by atoms with Gasteiger partial charge in [-0.1, -0.05) is 0 Å². The highest BCUT2D eigenvalue weighted by molar-refractivity contribution is 7.66. The van der Waals surface area contributed by atoms with Gasteiger partial charge >= 0.3 is 23.5 Å². The lowest BCUT2D eigenvalue weighted by Gasteiger charge is -2.31. The van der Waals surface area contributed by atoms with Crippen molar-refractivity contribution in [3.05, 3.63) is 0 Å². The molecule has 188 valence electrons. The molecule has 0 bridgehead atoms. The molecule has 1 spiro atoms. The van der Waals surface area contributed by atoms with Crippen LogP contribution in [0.15, 0.2) is 9.98 Å². The summed E-state index contributed by atoms with van der Waals surface area (Å²) in [6.07, 6.45) is -7.63. The maximum absolute atomic E-state index is 11.8. The number of aliphatic hydroxyl groups is 3. The third-order valence-electron chi connectivity index (χ3n) is 4.75. The summed E-state index contributed by atoms with van der Waals surface area (Å²) in [5.41, 5.74) is 4.10. The molecule has 4 unspecified atom stereocenters. The summed E-state index contributed by atoms with van der Waals surface area (Å²) in [5, 5.41) is 32.0. The minimum absolute atomic E-state index is 0.0206. The maximum Gasteiger partial charge on any atom is 0.490 e. The minimum Gasteiger partial charge on any atom is -0.387 e. The van der Waals surface area contributed by atoms with E-state index < -0.39 is 66.6 Å². The van der Waals surface area contributed by atoms with E-state index in [0.29, 0.717) is 0 Å². The number of rotatable bonds is 8. The van der Waals surface area contributed by atoms with Crippen molar-refractivity contribution in [2.24, 2.45) is 15.7 Å². The predicted molar refractivity (Wildman–Crippen MR) is 97.9 cm³/mol. The summed E-state index contributed by atoms with van der Waals surface area (Å²) in [5.74, 6) is -0.269. The number of aliphatic imine (C=N–C) groups is 2. The fourth-order valence-corrected chi connectivity index (χ4v) is 6.46. The smallest absolute Gasteiger partial charge is 0.387 e. The Bertz CT molecular complexity index is 1030. The van der Waals surface area contributed by atoms with E-state index in [0.717, 1.165) is 0 Å². The number of hydrogen-bond acceptors (Lipinski definition) is 16. The van der Waals surface area contributed by atoms with E-state index in [9.17, 15) is 33.9 Å². The second-order valence-corrected chi connectivity index (χ2v) is 11.4. The zero-order valence-electron chi connectivity index (χ0n) is 15.9. The molecule has 0 aliphatic carbocycles. The molecule has 0 radical (unpaired) electrons. The second-order valence-electron chi connectivity index (χ2n) is 7.01. The molecule has 23 heteroatoms. The van der Waals surface area contributed by atoms with Crippen molar-refractivity contribution in [3.8, 4) is 0 Å². The molecule has 9 N–H and O–H groups in total. The molecular formula is C10H18N5O15P3. The van der Waals surface area contributed by atoms with Crippen molar-refractivity contribution in [3.63, 3.8) is 0 Å². The summed E-state index contributed by atoms with van der Waals surface area (Å²) in [4.78, 5) is 49.9. The number of ether oxygens (including phenoxy) is 1. The molecule has 0 aromatic carbocycles. The van der Waals surface area contributed by atoms with Gasteiger partial charge in [0.15, 0.2) is 12.1 Å². The number of hydroxylamine groups is 2. The van der Waals surface area contributed by atoms with Crippen molar-refractivity contribution in [1.82, 2.24) is 9.96 Å². The SMILES string of the molecule is NC1=NC(O)[C@]23ON2CN([C@@H]2O[C@H](COP(=O)(O)OP(=O)(O)OP(=O)(O)O)[C@@H](O)[C@H]2O)C3=N1. The van der Waals surface area contributed by atoms with Crippen LogP contribution in [0.2, 0.25) is 0 Å². The first-order valence-electron chi connectivity index (χ1n) is 8.68. The van der Waals surface area contributed by atoms with Crippen molar-refractivity contribution in [1.29, 1.82) is 0 Å². The Morgan fingerprint density at radius 3 is 2.39 bits per heavy atom. The molecule has 20 nitrogen and oxygen atoms in total. The van der Waals surface area contributed by atoms with Gasteiger partial charge in [-0.25, -0.2) is 18.7 Å². The van der Waals surface area contributed by atoms with E-state index in [1.54, 1.807) is 0 Å². The monoisotopic (exact) mass is 541 g/mol. The van der Waals surface area contributed by atoms with Gasteiger partial charge in [-0.2, -0.15) is 13.6 Å². The standard InChI is InChI=1S/C10H18N5O15P3/c11-9-12-7-10(8(18)13-9)15(28-10)2-14(7)6-5(17)4(16)3(27-6)1-26-32(22,23)30-33(24,25)29-31(19,20)21/h3-6,8,16-18H,1-2H2,(H2,11,13)(H,22,23)(H,24,25)(H2,19,20,21)/t3-,4-,5-,6-,8?,10+,15?/m1/s1. The van der Waals surface area contributed by atoms with E-state index in [-0.39, 0.29) is 18.5 Å². The van der Waals surface area contributed by atoms with Gasteiger partial charge in [-0.05, 0) is 0 Å². The van der Waals surface area contributed by atoms with Gasteiger partial charge in [0.1, 0.15) is 25.0 Å².